The lowest BCUT2D eigenvalue weighted by Gasteiger charge is -2.32. The number of carboxylic acid groups (broad SMARTS) is 2. The lowest BCUT2D eigenvalue weighted by Crippen LogP contribution is -2.45. The van der Waals surface area contributed by atoms with Crippen molar-refractivity contribution in [2.75, 3.05) is 45.1 Å². The first-order chi connectivity index (χ1) is 11.8. The van der Waals surface area contributed by atoms with Crippen LogP contribution in [-0.2, 0) is 14.4 Å². The number of carbonyl (C=O) groups is 3. The van der Waals surface area contributed by atoms with Crippen molar-refractivity contribution in [2.24, 2.45) is 0 Å². The molecule has 3 N–H and O–H groups in total. The molecule has 1 saturated heterocycles. The van der Waals surface area contributed by atoms with Crippen LogP contribution in [0.5, 0.6) is 0 Å². The van der Waals surface area contributed by atoms with Gasteiger partial charge in [-0.2, -0.15) is 0 Å². The smallest absolute Gasteiger partial charge is 0.414 e. The molecule has 9 heteroatoms. The number of piperazine rings is 1. The number of nitrogens with one attached hydrogen (secondary N) is 1. The van der Waals surface area contributed by atoms with Crippen molar-refractivity contribution in [3.63, 3.8) is 0 Å². The van der Waals surface area contributed by atoms with Crippen LogP contribution in [0, 0.1) is 5.82 Å². The Labute approximate surface area is 144 Å². The number of anilines is 1. The molecule has 8 nitrogen and oxygen atoms in total. The number of carboxylic acids is 2. The highest BCUT2D eigenvalue weighted by Gasteiger charge is 2.14. The van der Waals surface area contributed by atoms with Crippen LogP contribution >= 0.6 is 0 Å². The van der Waals surface area contributed by atoms with Gasteiger partial charge in [0, 0.05) is 44.8 Å². The second kappa shape index (κ2) is 10.4. The average Bonchev–Trinajstić information content (AvgIpc) is 2.55. The van der Waals surface area contributed by atoms with Crippen molar-refractivity contribution in [3.05, 3.63) is 30.1 Å². The number of halogens is 1. The van der Waals surface area contributed by atoms with Gasteiger partial charge in [-0.3, -0.25) is 4.79 Å². The predicted molar refractivity (Wildman–Crippen MR) is 88.9 cm³/mol. The van der Waals surface area contributed by atoms with Crippen molar-refractivity contribution in [1.29, 1.82) is 0 Å². The Kier molecular flexibility index (Phi) is 8.51. The second-order valence-corrected chi connectivity index (χ2v) is 5.56. The number of hydrogen-bond acceptors (Lipinski definition) is 5. The van der Waals surface area contributed by atoms with Gasteiger partial charge < -0.3 is 25.3 Å². The Bertz CT molecular complexity index is 591. The summed E-state index contributed by atoms with van der Waals surface area (Å²) in [5.74, 6) is -4.05. The first-order valence-corrected chi connectivity index (χ1v) is 7.70. The third-order valence-corrected chi connectivity index (χ3v) is 3.54. The summed E-state index contributed by atoms with van der Waals surface area (Å²) in [5, 5.41) is 17.5. The van der Waals surface area contributed by atoms with Gasteiger partial charge >= 0.3 is 11.9 Å². The molecule has 0 saturated carbocycles. The van der Waals surface area contributed by atoms with E-state index in [2.05, 4.69) is 22.2 Å². The molecule has 0 aliphatic carbocycles. The normalized spacial score (nSPS) is 15.0. The molecule has 2 rings (SSSR count). The minimum Gasteiger partial charge on any atom is -0.473 e. The van der Waals surface area contributed by atoms with Crippen LogP contribution in [0.15, 0.2) is 24.3 Å². The fraction of sp³-hybridized carbons (Fsp3) is 0.438. The van der Waals surface area contributed by atoms with E-state index in [0.29, 0.717) is 12.1 Å². The zero-order chi connectivity index (χ0) is 18.8. The third kappa shape index (κ3) is 8.77. The number of rotatable bonds is 4. The lowest BCUT2D eigenvalue weighted by molar-refractivity contribution is -0.159. The van der Waals surface area contributed by atoms with Gasteiger partial charge in [-0.1, -0.05) is 6.07 Å². The Balaban J connectivity index is 0.000000450. The van der Waals surface area contributed by atoms with Gasteiger partial charge in [-0.05, 0) is 25.2 Å². The zero-order valence-corrected chi connectivity index (χ0v) is 13.9. The predicted octanol–water partition coefficient (Wildman–Crippen LogP) is 0.557. The third-order valence-electron chi connectivity index (χ3n) is 3.54. The van der Waals surface area contributed by atoms with E-state index in [1.165, 1.54) is 12.1 Å². The standard InChI is InChI=1S/C14H20FN3O.C2H2O4/c1-17-7-9-18(10-8-17)6-5-14(19)16-13-4-2-3-12(15)11-13;3-1(4)2(5)6/h2-4,11H,5-10H2,1H3,(H,16,19);(H,3,4)(H,5,6). The summed E-state index contributed by atoms with van der Waals surface area (Å²) in [5.41, 5.74) is 0.517. The summed E-state index contributed by atoms with van der Waals surface area (Å²) in [7, 11) is 2.11. The van der Waals surface area contributed by atoms with Crippen LogP contribution in [0.2, 0.25) is 0 Å². The SMILES string of the molecule is CN1CCN(CCC(=O)Nc2cccc(F)c2)CC1.O=C(O)C(=O)O. The van der Waals surface area contributed by atoms with Crippen molar-refractivity contribution >= 4 is 23.5 Å². The average molecular weight is 355 g/mol. The van der Waals surface area contributed by atoms with Gasteiger partial charge in [0.1, 0.15) is 5.82 Å². The topological polar surface area (TPSA) is 110 Å². The maximum absolute atomic E-state index is 13.0. The van der Waals surface area contributed by atoms with Gasteiger partial charge in [-0.25, -0.2) is 14.0 Å². The largest absolute Gasteiger partial charge is 0.473 e. The van der Waals surface area contributed by atoms with Gasteiger partial charge in [0.15, 0.2) is 0 Å². The molecule has 1 amide bonds. The fourth-order valence-electron chi connectivity index (χ4n) is 2.12. The summed E-state index contributed by atoms with van der Waals surface area (Å²) in [6.45, 7) is 4.86. The first-order valence-electron chi connectivity index (χ1n) is 7.70. The highest BCUT2D eigenvalue weighted by atomic mass is 19.1. The Morgan fingerprint density at radius 1 is 1.12 bits per heavy atom. The summed E-state index contributed by atoms with van der Waals surface area (Å²) in [4.78, 5) is 34.5. The van der Waals surface area contributed by atoms with Gasteiger partial charge in [0.05, 0.1) is 0 Å². The maximum atomic E-state index is 13.0. The summed E-state index contributed by atoms with van der Waals surface area (Å²) in [6.07, 6.45) is 0.445. The van der Waals surface area contributed by atoms with Crippen LogP contribution < -0.4 is 5.32 Å². The molecule has 0 aromatic heterocycles. The number of hydrogen-bond donors (Lipinski definition) is 3. The second-order valence-electron chi connectivity index (χ2n) is 5.56. The number of nitrogens with zero attached hydrogens (tertiary/aromatic N) is 2. The highest BCUT2D eigenvalue weighted by Crippen LogP contribution is 2.09. The molecule has 1 heterocycles. The Morgan fingerprint density at radius 2 is 1.72 bits per heavy atom. The van der Waals surface area contributed by atoms with Crippen LogP contribution in [0.4, 0.5) is 10.1 Å². The molecule has 0 bridgehead atoms. The van der Waals surface area contributed by atoms with Gasteiger partial charge in [-0.15, -0.1) is 0 Å². The molecule has 1 fully saturated rings. The molecule has 1 aromatic rings. The van der Waals surface area contributed by atoms with Crippen LogP contribution in [0.1, 0.15) is 6.42 Å². The molecule has 1 aliphatic rings. The molecule has 0 unspecified atom stereocenters. The summed E-state index contributed by atoms with van der Waals surface area (Å²) in [6, 6.07) is 5.97. The van der Waals surface area contributed by atoms with E-state index in [1.807, 2.05) is 0 Å². The Morgan fingerprint density at radius 3 is 2.24 bits per heavy atom. The Hall–Kier alpha value is -2.52. The maximum Gasteiger partial charge on any atom is 0.414 e. The quantitative estimate of drug-likeness (QED) is 0.677. The van der Waals surface area contributed by atoms with E-state index >= 15 is 0 Å². The number of amides is 1. The van der Waals surface area contributed by atoms with Crippen molar-refractivity contribution in [3.8, 4) is 0 Å². The van der Waals surface area contributed by atoms with E-state index in [9.17, 15) is 9.18 Å². The molecule has 0 atom stereocenters. The van der Waals surface area contributed by atoms with E-state index < -0.39 is 11.9 Å². The van der Waals surface area contributed by atoms with E-state index in [1.54, 1.807) is 12.1 Å². The molecular formula is C16H22FN3O5. The van der Waals surface area contributed by atoms with E-state index in [0.717, 1.165) is 32.7 Å². The van der Waals surface area contributed by atoms with Crippen LogP contribution in [0.25, 0.3) is 0 Å². The number of aliphatic carboxylic acids is 2. The monoisotopic (exact) mass is 355 g/mol. The number of likely N-dealkylation sites (N-methyl/N-ethyl adjacent to an activating group) is 1. The van der Waals surface area contributed by atoms with E-state index in [-0.39, 0.29) is 11.7 Å². The van der Waals surface area contributed by atoms with Crippen molar-refractivity contribution < 1.29 is 29.0 Å². The summed E-state index contributed by atoms with van der Waals surface area (Å²) < 4.78 is 13.0. The van der Waals surface area contributed by atoms with Gasteiger partial charge in [0.25, 0.3) is 0 Å². The summed E-state index contributed by atoms with van der Waals surface area (Å²) >= 11 is 0. The van der Waals surface area contributed by atoms with Crippen molar-refractivity contribution in [2.45, 2.75) is 6.42 Å². The molecule has 0 radical (unpaired) electrons. The minimum absolute atomic E-state index is 0.0653. The molecule has 25 heavy (non-hydrogen) atoms. The van der Waals surface area contributed by atoms with Crippen molar-refractivity contribution in [1.82, 2.24) is 9.80 Å². The number of carbonyl (C=O) groups excluding carboxylic acids is 1. The molecular weight excluding hydrogens is 333 g/mol. The lowest BCUT2D eigenvalue weighted by atomic mass is 10.2. The zero-order valence-electron chi connectivity index (χ0n) is 13.9. The number of benzene rings is 1. The molecule has 1 aliphatic heterocycles. The van der Waals surface area contributed by atoms with E-state index in [4.69, 9.17) is 19.8 Å². The van der Waals surface area contributed by atoms with Crippen LogP contribution in [-0.4, -0.2) is 77.6 Å². The molecule has 0 spiro atoms. The molecule has 138 valence electrons. The van der Waals surface area contributed by atoms with Crippen LogP contribution in [0.3, 0.4) is 0 Å². The molecule has 1 aromatic carbocycles. The van der Waals surface area contributed by atoms with Gasteiger partial charge in [0.2, 0.25) is 5.91 Å². The fourth-order valence-corrected chi connectivity index (χ4v) is 2.12. The minimum atomic E-state index is -1.82. The highest BCUT2D eigenvalue weighted by molar-refractivity contribution is 6.27. The first kappa shape index (κ1) is 20.5.